The normalized spacial score (nSPS) is 21.7. The van der Waals surface area contributed by atoms with Crippen LogP contribution in [0, 0.1) is 11.6 Å². The number of ether oxygens (including phenoxy) is 1. The largest absolute Gasteiger partial charge is 0.370 e. The van der Waals surface area contributed by atoms with Gasteiger partial charge in [0.15, 0.2) is 5.82 Å². The number of nitrogens with zero attached hydrogens (tertiary/aromatic N) is 4. The van der Waals surface area contributed by atoms with E-state index in [-0.39, 0.29) is 18.2 Å². The fourth-order valence-corrected chi connectivity index (χ4v) is 3.47. The molecule has 2 aliphatic heterocycles. The summed E-state index contributed by atoms with van der Waals surface area (Å²) in [6.45, 7) is 3.17. The molecular formula is C17H20F2N4O. The average molecular weight is 334 g/mol. The zero-order chi connectivity index (χ0) is 16.5. The van der Waals surface area contributed by atoms with E-state index in [0.717, 1.165) is 37.5 Å². The van der Waals surface area contributed by atoms with Gasteiger partial charge in [0, 0.05) is 44.8 Å². The maximum atomic E-state index is 13.9. The Morgan fingerprint density at radius 2 is 1.96 bits per heavy atom. The fourth-order valence-electron chi connectivity index (χ4n) is 3.47. The standard InChI is InChI=1S/C17H20F2N4O/c18-13-3-1-4-14(19)12(13)11-22-7-6-16-20-21-17(23(16)9-8-22)15-5-2-10-24-15/h1,3-4,15H,2,5-11H2/t15-/m0/s1. The third kappa shape index (κ3) is 2.93. The summed E-state index contributed by atoms with van der Waals surface area (Å²) >= 11 is 0. The third-order valence-corrected chi connectivity index (χ3v) is 4.81. The molecule has 0 spiro atoms. The van der Waals surface area contributed by atoms with Crippen molar-refractivity contribution in [2.24, 2.45) is 0 Å². The van der Waals surface area contributed by atoms with Crippen LogP contribution < -0.4 is 0 Å². The molecule has 7 heteroatoms. The highest BCUT2D eigenvalue weighted by molar-refractivity contribution is 5.19. The maximum Gasteiger partial charge on any atom is 0.162 e. The van der Waals surface area contributed by atoms with Crippen LogP contribution in [-0.2, 0) is 24.2 Å². The van der Waals surface area contributed by atoms with Crippen LogP contribution in [0.2, 0.25) is 0 Å². The summed E-state index contributed by atoms with van der Waals surface area (Å²) in [4.78, 5) is 2.06. The second kappa shape index (κ2) is 6.57. The lowest BCUT2D eigenvalue weighted by Gasteiger charge is -2.20. The SMILES string of the molecule is Fc1cccc(F)c1CN1CCc2nnc([C@@H]3CCCO3)n2CC1. The molecule has 0 saturated carbocycles. The van der Waals surface area contributed by atoms with Gasteiger partial charge < -0.3 is 9.30 Å². The summed E-state index contributed by atoms with van der Waals surface area (Å²) in [5.41, 5.74) is 0.134. The summed E-state index contributed by atoms with van der Waals surface area (Å²) in [7, 11) is 0. The van der Waals surface area contributed by atoms with Gasteiger partial charge in [-0.05, 0) is 25.0 Å². The van der Waals surface area contributed by atoms with Crippen molar-refractivity contribution in [3.8, 4) is 0 Å². The first-order chi connectivity index (χ1) is 11.7. The molecule has 1 fully saturated rings. The molecule has 1 saturated heterocycles. The first-order valence-electron chi connectivity index (χ1n) is 8.41. The number of aromatic nitrogens is 3. The molecule has 1 aromatic heterocycles. The maximum absolute atomic E-state index is 13.9. The molecule has 0 unspecified atom stereocenters. The minimum Gasteiger partial charge on any atom is -0.370 e. The number of hydrogen-bond donors (Lipinski definition) is 0. The highest BCUT2D eigenvalue weighted by Gasteiger charge is 2.27. The van der Waals surface area contributed by atoms with E-state index in [1.165, 1.54) is 18.2 Å². The summed E-state index contributed by atoms with van der Waals surface area (Å²) in [5.74, 6) is 0.843. The topological polar surface area (TPSA) is 43.2 Å². The Balaban J connectivity index is 1.49. The van der Waals surface area contributed by atoms with Crippen molar-refractivity contribution in [1.29, 1.82) is 0 Å². The summed E-state index contributed by atoms with van der Waals surface area (Å²) < 4.78 is 35.6. The lowest BCUT2D eigenvalue weighted by atomic mass is 10.2. The van der Waals surface area contributed by atoms with E-state index in [2.05, 4.69) is 19.7 Å². The molecule has 1 aromatic carbocycles. The van der Waals surface area contributed by atoms with Crippen LogP contribution in [0.15, 0.2) is 18.2 Å². The van der Waals surface area contributed by atoms with Crippen LogP contribution in [0.5, 0.6) is 0 Å². The van der Waals surface area contributed by atoms with Gasteiger partial charge in [-0.1, -0.05) is 6.07 Å². The molecule has 24 heavy (non-hydrogen) atoms. The predicted molar refractivity (Wildman–Crippen MR) is 83.3 cm³/mol. The van der Waals surface area contributed by atoms with Crippen molar-refractivity contribution in [2.45, 2.75) is 38.5 Å². The molecule has 2 aliphatic rings. The quantitative estimate of drug-likeness (QED) is 0.865. The van der Waals surface area contributed by atoms with Gasteiger partial charge in [0.1, 0.15) is 23.6 Å². The van der Waals surface area contributed by atoms with Crippen LogP contribution in [0.25, 0.3) is 0 Å². The van der Waals surface area contributed by atoms with Gasteiger partial charge in [-0.25, -0.2) is 8.78 Å². The summed E-state index contributed by atoms with van der Waals surface area (Å²) in [5, 5.41) is 8.60. The molecule has 2 aromatic rings. The minimum atomic E-state index is -0.487. The van der Waals surface area contributed by atoms with Gasteiger partial charge in [0.05, 0.1) is 0 Å². The average Bonchev–Trinajstić information content (AvgIpc) is 3.18. The molecule has 3 heterocycles. The number of benzene rings is 1. The molecule has 1 atom stereocenters. The first-order valence-corrected chi connectivity index (χ1v) is 8.41. The summed E-state index contributed by atoms with van der Waals surface area (Å²) in [6, 6.07) is 4.01. The second-order valence-corrected chi connectivity index (χ2v) is 6.35. The second-order valence-electron chi connectivity index (χ2n) is 6.35. The molecule has 0 radical (unpaired) electrons. The Hall–Kier alpha value is -1.86. The van der Waals surface area contributed by atoms with E-state index in [1.54, 1.807) is 0 Å². The van der Waals surface area contributed by atoms with Gasteiger partial charge in [0.2, 0.25) is 0 Å². The molecule has 0 amide bonds. The fraction of sp³-hybridized carbons (Fsp3) is 0.529. The van der Waals surface area contributed by atoms with E-state index >= 15 is 0 Å². The Kier molecular flexibility index (Phi) is 4.28. The molecule has 4 rings (SSSR count). The Morgan fingerprint density at radius 1 is 1.12 bits per heavy atom. The molecule has 5 nitrogen and oxygen atoms in total. The molecular weight excluding hydrogens is 314 g/mol. The number of hydrogen-bond acceptors (Lipinski definition) is 4. The zero-order valence-electron chi connectivity index (χ0n) is 13.4. The monoisotopic (exact) mass is 334 g/mol. The number of halogens is 2. The molecule has 0 bridgehead atoms. The van der Waals surface area contributed by atoms with E-state index in [1.807, 2.05) is 0 Å². The Labute approximate surface area is 139 Å². The van der Waals surface area contributed by atoms with Crippen molar-refractivity contribution in [3.05, 3.63) is 47.0 Å². The molecule has 0 N–H and O–H groups in total. The summed E-state index contributed by atoms with van der Waals surface area (Å²) in [6.07, 6.45) is 2.77. The van der Waals surface area contributed by atoms with Gasteiger partial charge >= 0.3 is 0 Å². The number of fused-ring (bicyclic) bond motifs is 1. The lowest BCUT2D eigenvalue weighted by molar-refractivity contribution is 0.101. The lowest BCUT2D eigenvalue weighted by Crippen LogP contribution is -2.27. The first kappa shape index (κ1) is 15.7. The van der Waals surface area contributed by atoms with Gasteiger partial charge in [-0.2, -0.15) is 0 Å². The van der Waals surface area contributed by atoms with Crippen LogP contribution in [-0.4, -0.2) is 39.4 Å². The van der Waals surface area contributed by atoms with E-state index < -0.39 is 11.6 Å². The Bertz CT molecular complexity index is 707. The molecule has 128 valence electrons. The highest BCUT2D eigenvalue weighted by Crippen LogP contribution is 2.28. The van der Waals surface area contributed by atoms with E-state index in [4.69, 9.17) is 4.74 Å². The van der Waals surface area contributed by atoms with Crippen molar-refractivity contribution >= 4 is 0 Å². The van der Waals surface area contributed by atoms with Crippen LogP contribution >= 0.6 is 0 Å². The predicted octanol–water partition coefficient (Wildman–Crippen LogP) is 2.47. The van der Waals surface area contributed by atoms with Crippen LogP contribution in [0.4, 0.5) is 8.78 Å². The van der Waals surface area contributed by atoms with Gasteiger partial charge in [0.25, 0.3) is 0 Å². The van der Waals surface area contributed by atoms with E-state index in [9.17, 15) is 8.78 Å². The van der Waals surface area contributed by atoms with Crippen molar-refractivity contribution in [2.75, 3.05) is 19.7 Å². The van der Waals surface area contributed by atoms with Gasteiger partial charge in [-0.3, -0.25) is 4.90 Å². The van der Waals surface area contributed by atoms with Crippen LogP contribution in [0.3, 0.4) is 0 Å². The zero-order valence-corrected chi connectivity index (χ0v) is 13.4. The Morgan fingerprint density at radius 3 is 2.71 bits per heavy atom. The van der Waals surface area contributed by atoms with Crippen molar-refractivity contribution in [1.82, 2.24) is 19.7 Å². The highest BCUT2D eigenvalue weighted by atomic mass is 19.1. The van der Waals surface area contributed by atoms with Crippen LogP contribution in [0.1, 0.15) is 36.2 Å². The minimum absolute atomic E-state index is 0.0295. The van der Waals surface area contributed by atoms with Crippen molar-refractivity contribution < 1.29 is 13.5 Å². The molecule has 0 aliphatic carbocycles. The van der Waals surface area contributed by atoms with Gasteiger partial charge in [-0.15, -0.1) is 10.2 Å². The van der Waals surface area contributed by atoms with Crippen molar-refractivity contribution in [3.63, 3.8) is 0 Å². The third-order valence-electron chi connectivity index (χ3n) is 4.81. The number of rotatable bonds is 3. The van der Waals surface area contributed by atoms with E-state index in [0.29, 0.717) is 19.6 Å². The smallest absolute Gasteiger partial charge is 0.162 e.